The van der Waals surface area contributed by atoms with Gasteiger partial charge in [0.2, 0.25) is 0 Å². The summed E-state index contributed by atoms with van der Waals surface area (Å²) >= 11 is 0. The van der Waals surface area contributed by atoms with Gasteiger partial charge >= 0.3 is 0 Å². The van der Waals surface area contributed by atoms with E-state index in [2.05, 4.69) is 45.6 Å². The van der Waals surface area contributed by atoms with E-state index in [1.54, 1.807) is 7.11 Å². The number of halogens is 1. The Morgan fingerprint density at radius 2 is 2.30 bits per heavy atom. The molecular weight excluding hydrogens is 457 g/mol. The Hall–Kier alpha value is -1.75. The number of hydrogen-bond acceptors (Lipinski definition) is 5. The summed E-state index contributed by atoms with van der Waals surface area (Å²) in [5, 5.41) is 11.4. The molecule has 1 atom stereocenters. The fraction of sp³-hybridized carbons (Fsp3) is 0.556. The Morgan fingerprint density at radius 1 is 1.44 bits per heavy atom. The van der Waals surface area contributed by atoms with Crippen molar-refractivity contribution in [3.63, 3.8) is 0 Å². The fourth-order valence-electron chi connectivity index (χ4n) is 3.02. The number of guanidine groups is 1. The molecule has 2 aromatic heterocycles. The minimum atomic E-state index is 0. The van der Waals surface area contributed by atoms with E-state index in [1.165, 1.54) is 0 Å². The molecule has 0 spiro atoms. The van der Waals surface area contributed by atoms with Gasteiger partial charge in [-0.3, -0.25) is 4.98 Å². The standard InChI is InChI=1S/C18H27N7O.HI/c1-4-19-18(21-10-15-13(2)6-5-9-20-15)22-14-7-8-17-23-16(12-26-3)24-25(17)11-14;/h5-6,9,14H,4,7-8,10-12H2,1-3H3,(H2,19,21,22);1H. The topological polar surface area (TPSA) is 89.2 Å². The van der Waals surface area contributed by atoms with Crippen LogP contribution in [0, 0.1) is 6.92 Å². The average Bonchev–Trinajstić information content (AvgIpc) is 3.03. The number of rotatable bonds is 6. The van der Waals surface area contributed by atoms with Gasteiger partial charge in [-0.2, -0.15) is 5.10 Å². The zero-order valence-corrected chi connectivity index (χ0v) is 18.4. The summed E-state index contributed by atoms with van der Waals surface area (Å²) in [4.78, 5) is 13.6. The fourth-order valence-corrected chi connectivity index (χ4v) is 3.02. The zero-order valence-electron chi connectivity index (χ0n) is 16.1. The van der Waals surface area contributed by atoms with Crippen LogP contribution < -0.4 is 10.6 Å². The smallest absolute Gasteiger partial charge is 0.191 e. The van der Waals surface area contributed by atoms with Crippen LogP contribution in [0.15, 0.2) is 23.3 Å². The Bertz CT molecular complexity index is 762. The second-order valence-corrected chi connectivity index (χ2v) is 6.40. The quantitative estimate of drug-likeness (QED) is 0.369. The van der Waals surface area contributed by atoms with Crippen molar-refractivity contribution in [3.8, 4) is 0 Å². The number of nitrogens with zero attached hydrogens (tertiary/aromatic N) is 5. The first-order chi connectivity index (χ1) is 12.7. The van der Waals surface area contributed by atoms with E-state index >= 15 is 0 Å². The molecule has 0 aliphatic carbocycles. The predicted molar refractivity (Wildman–Crippen MR) is 115 cm³/mol. The third-order valence-corrected chi connectivity index (χ3v) is 4.37. The highest BCUT2D eigenvalue weighted by Gasteiger charge is 2.22. The van der Waals surface area contributed by atoms with E-state index in [0.29, 0.717) is 13.2 Å². The SMILES string of the molecule is CCNC(=NCc1ncccc1C)NC1CCc2nc(COC)nn2C1.I. The molecule has 0 radical (unpaired) electrons. The Morgan fingerprint density at radius 3 is 3.04 bits per heavy atom. The van der Waals surface area contributed by atoms with Gasteiger partial charge in [0.15, 0.2) is 11.8 Å². The van der Waals surface area contributed by atoms with E-state index in [0.717, 1.165) is 54.8 Å². The summed E-state index contributed by atoms with van der Waals surface area (Å²) in [5.41, 5.74) is 2.15. The Labute approximate surface area is 177 Å². The van der Waals surface area contributed by atoms with E-state index in [4.69, 9.17) is 9.73 Å². The van der Waals surface area contributed by atoms with Crippen molar-refractivity contribution in [1.29, 1.82) is 0 Å². The minimum Gasteiger partial charge on any atom is -0.377 e. The van der Waals surface area contributed by atoms with Crippen molar-refractivity contribution in [2.45, 2.75) is 52.4 Å². The third kappa shape index (κ3) is 5.86. The molecule has 0 saturated heterocycles. The van der Waals surface area contributed by atoms with Crippen LogP contribution in [-0.4, -0.2) is 45.4 Å². The van der Waals surface area contributed by atoms with Crippen LogP contribution in [0.5, 0.6) is 0 Å². The van der Waals surface area contributed by atoms with Crippen LogP contribution in [0.3, 0.4) is 0 Å². The molecule has 0 fully saturated rings. The summed E-state index contributed by atoms with van der Waals surface area (Å²) < 4.78 is 7.10. The third-order valence-electron chi connectivity index (χ3n) is 4.37. The summed E-state index contributed by atoms with van der Waals surface area (Å²) in [6, 6.07) is 4.27. The van der Waals surface area contributed by atoms with Gasteiger partial charge in [-0.05, 0) is 31.9 Å². The molecule has 1 aliphatic heterocycles. The van der Waals surface area contributed by atoms with Gasteiger partial charge in [0.25, 0.3) is 0 Å². The number of aliphatic imine (C=N–C) groups is 1. The second kappa shape index (κ2) is 10.5. The van der Waals surface area contributed by atoms with Crippen LogP contribution in [0.2, 0.25) is 0 Å². The molecule has 2 N–H and O–H groups in total. The number of fused-ring (bicyclic) bond motifs is 1. The number of nitrogens with one attached hydrogen (secondary N) is 2. The Balaban J connectivity index is 0.00000261. The average molecular weight is 485 g/mol. The first-order valence-corrected chi connectivity index (χ1v) is 9.06. The van der Waals surface area contributed by atoms with Crippen molar-refractivity contribution >= 4 is 29.9 Å². The molecule has 2 aromatic rings. The Kier molecular flexibility index (Phi) is 8.42. The molecule has 8 nitrogen and oxygen atoms in total. The molecule has 1 unspecified atom stereocenters. The minimum absolute atomic E-state index is 0. The largest absolute Gasteiger partial charge is 0.377 e. The molecule has 0 bridgehead atoms. The van der Waals surface area contributed by atoms with Gasteiger partial charge in [-0.25, -0.2) is 14.7 Å². The van der Waals surface area contributed by atoms with Crippen molar-refractivity contribution in [2.75, 3.05) is 13.7 Å². The van der Waals surface area contributed by atoms with Crippen molar-refractivity contribution in [2.24, 2.45) is 4.99 Å². The van der Waals surface area contributed by atoms with E-state index in [1.807, 2.05) is 16.9 Å². The maximum Gasteiger partial charge on any atom is 0.191 e. The van der Waals surface area contributed by atoms with E-state index in [9.17, 15) is 0 Å². The number of pyridine rings is 1. The van der Waals surface area contributed by atoms with Gasteiger partial charge in [0.05, 0.1) is 18.8 Å². The number of hydrogen-bond donors (Lipinski definition) is 2. The lowest BCUT2D eigenvalue weighted by atomic mass is 10.1. The van der Waals surface area contributed by atoms with Crippen LogP contribution in [0.25, 0.3) is 0 Å². The lowest BCUT2D eigenvalue weighted by Crippen LogP contribution is -2.47. The van der Waals surface area contributed by atoms with Gasteiger partial charge in [-0.1, -0.05) is 6.07 Å². The number of methoxy groups -OCH3 is 1. The van der Waals surface area contributed by atoms with Crippen molar-refractivity contribution < 1.29 is 4.74 Å². The van der Waals surface area contributed by atoms with Crippen LogP contribution >= 0.6 is 24.0 Å². The molecule has 1 aliphatic rings. The summed E-state index contributed by atoms with van der Waals surface area (Å²) in [6.07, 6.45) is 3.70. The summed E-state index contributed by atoms with van der Waals surface area (Å²) in [7, 11) is 1.66. The molecule has 0 saturated carbocycles. The van der Waals surface area contributed by atoms with Crippen molar-refractivity contribution in [1.82, 2.24) is 30.4 Å². The molecular formula is C18H28IN7O. The van der Waals surface area contributed by atoms with Gasteiger partial charge < -0.3 is 15.4 Å². The number of aromatic nitrogens is 4. The molecule has 3 heterocycles. The highest BCUT2D eigenvalue weighted by atomic mass is 127. The molecule has 9 heteroatoms. The summed E-state index contributed by atoms with van der Waals surface area (Å²) in [5.74, 6) is 2.58. The van der Waals surface area contributed by atoms with Gasteiger partial charge in [0.1, 0.15) is 12.4 Å². The molecule has 3 rings (SSSR count). The maximum absolute atomic E-state index is 5.12. The summed E-state index contributed by atoms with van der Waals surface area (Å²) in [6.45, 7) is 6.72. The van der Waals surface area contributed by atoms with Gasteiger partial charge in [0, 0.05) is 32.3 Å². The second-order valence-electron chi connectivity index (χ2n) is 6.40. The van der Waals surface area contributed by atoms with Crippen LogP contribution in [0.4, 0.5) is 0 Å². The first-order valence-electron chi connectivity index (χ1n) is 9.06. The predicted octanol–water partition coefficient (Wildman–Crippen LogP) is 1.82. The maximum atomic E-state index is 5.12. The number of aryl methyl sites for hydroxylation is 2. The van der Waals surface area contributed by atoms with E-state index < -0.39 is 0 Å². The van der Waals surface area contributed by atoms with Crippen LogP contribution in [-0.2, 0) is 30.9 Å². The van der Waals surface area contributed by atoms with E-state index in [-0.39, 0.29) is 30.0 Å². The zero-order chi connectivity index (χ0) is 18.4. The normalized spacial score (nSPS) is 16.4. The highest BCUT2D eigenvalue weighted by molar-refractivity contribution is 14.0. The monoisotopic (exact) mass is 485 g/mol. The highest BCUT2D eigenvalue weighted by Crippen LogP contribution is 2.13. The van der Waals surface area contributed by atoms with Crippen LogP contribution in [0.1, 0.15) is 36.3 Å². The molecule has 27 heavy (non-hydrogen) atoms. The number of ether oxygens (including phenoxy) is 1. The van der Waals surface area contributed by atoms with Gasteiger partial charge in [-0.15, -0.1) is 24.0 Å². The lowest BCUT2D eigenvalue weighted by Gasteiger charge is -2.25. The molecule has 148 valence electrons. The lowest BCUT2D eigenvalue weighted by molar-refractivity contribution is 0.177. The van der Waals surface area contributed by atoms with Crippen molar-refractivity contribution in [3.05, 3.63) is 41.2 Å². The molecule has 0 aromatic carbocycles. The molecule has 0 amide bonds. The first kappa shape index (κ1) is 21.5.